The molecule has 1 N–H and O–H groups in total. The average molecular weight is 514 g/mol. The van der Waals surface area contributed by atoms with Gasteiger partial charge in [0, 0.05) is 5.69 Å². The molecule has 1 aliphatic rings. The molecule has 0 unspecified atom stereocenters. The van der Waals surface area contributed by atoms with Gasteiger partial charge in [-0.25, -0.2) is 9.37 Å². The molecule has 1 aliphatic carbocycles. The number of rotatable bonds is 5. The molecule has 1 aromatic heterocycles. The van der Waals surface area contributed by atoms with Crippen LogP contribution in [0.1, 0.15) is 17.5 Å². The van der Waals surface area contributed by atoms with Crippen LogP contribution >= 0.6 is 35.0 Å². The van der Waals surface area contributed by atoms with E-state index in [0.29, 0.717) is 10.7 Å². The lowest BCUT2D eigenvalue weighted by Gasteiger charge is -2.14. The number of carbonyl (C=O) groups is 1. The van der Waals surface area contributed by atoms with E-state index in [0.717, 1.165) is 36.7 Å². The van der Waals surface area contributed by atoms with Crippen molar-refractivity contribution >= 4 is 57.5 Å². The Morgan fingerprint density at radius 2 is 1.88 bits per heavy atom. The Kier molecular flexibility index (Phi) is 6.34. The smallest absolute Gasteiger partial charge is 0.269 e. The monoisotopic (exact) mass is 513 g/mol. The predicted octanol–water partition coefficient (Wildman–Crippen LogP) is 6.05. The van der Waals surface area contributed by atoms with Crippen LogP contribution in [-0.2, 0) is 17.6 Å². The number of carbonyl (C=O) groups excluding carboxylic acids is 1. The molecule has 0 bridgehead atoms. The highest BCUT2D eigenvalue weighted by Crippen LogP contribution is 2.28. The summed E-state index contributed by atoms with van der Waals surface area (Å²) in [6, 6.07) is 14.9. The Bertz CT molecular complexity index is 1510. The van der Waals surface area contributed by atoms with Gasteiger partial charge in [-0.1, -0.05) is 47.1 Å². The van der Waals surface area contributed by atoms with E-state index < -0.39 is 11.4 Å². The lowest BCUT2D eigenvalue weighted by molar-refractivity contribution is -0.113. The summed E-state index contributed by atoms with van der Waals surface area (Å²) in [5.41, 5.74) is 3.31. The number of hydrogen-bond donors (Lipinski definition) is 1. The lowest BCUT2D eigenvalue weighted by atomic mass is 10.1. The predicted molar refractivity (Wildman–Crippen MR) is 135 cm³/mol. The molecule has 172 valence electrons. The van der Waals surface area contributed by atoms with Crippen LogP contribution in [0, 0.1) is 5.82 Å². The molecule has 9 heteroatoms. The van der Waals surface area contributed by atoms with Crippen LogP contribution in [-0.4, -0.2) is 21.2 Å². The molecule has 5 nitrogen and oxygen atoms in total. The van der Waals surface area contributed by atoms with Crippen molar-refractivity contribution in [2.24, 2.45) is 0 Å². The summed E-state index contributed by atoms with van der Waals surface area (Å²) < 4.78 is 15.7. The Morgan fingerprint density at radius 1 is 1.06 bits per heavy atom. The first-order valence-corrected chi connectivity index (χ1v) is 12.4. The SMILES string of the molecule is O=C(CSc1nc2cccc(F)c2c(=O)n1-c1ccc(Cl)c(Cl)c1)Nc1ccc2c(c1)CCC2. The Hall–Kier alpha value is -2.87. The van der Waals surface area contributed by atoms with Gasteiger partial charge in [-0.15, -0.1) is 0 Å². The van der Waals surface area contributed by atoms with Gasteiger partial charge in [0.15, 0.2) is 5.16 Å². The van der Waals surface area contributed by atoms with Gasteiger partial charge in [-0.05, 0) is 72.9 Å². The van der Waals surface area contributed by atoms with Crippen LogP contribution in [0.15, 0.2) is 64.5 Å². The molecule has 0 spiro atoms. The number of halogens is 3. The maximum Gasteiger partial charge on any atom is 0.269 e. The minimum atomic E-state index is -0.672. The van der Waals surface area contributed by atoms with Gasteiger partial charge in [-0.3, -0.25) is 14.2 Å². The molecular weight excluding hydrogens is 496 g/mol. The van der Waals surface area contributed by atoms with Crippen LogP contribution in [0.5, 0.6) is 0 Å². The minimum Gasteiger partial charge on any atom is -0.325 e. The fraction of sp³-hybridized carbons (Fsp3) is 0.160. The highest BCUT2D eigenvalue weighted by atomic mass is 35.5. The lowest BCUT2D eigenvalue weighted by Crippen LogP contribution is -2.23. The second-order valence-electron chi connectivity index (χ2n) is 7.94. The number of anilines is 1. The van der Waals surface area contributed by atoms with E-state index in [4.69, 9.17) is 23.2 Å². The molecule has 0 radical (unpaired) electrons. The topological polar surface area (TPSA) is 64.0 Å². The van der Waals surface area contributed by atoms with Crippen molar-refractivity contribution in [1.29, 1.82) is 0 Å². The summed E-state index contributed by atoms with van der Waals surface area (Å²) in [6.07, 6.45) is 3.21. The molecule has 1 amide bonds. The average Bonchev–Trinajstić information content (AvgIpc) is 3.27. The minimum absolute atomic E-state index is 0.00562. The summed E-state index contributed by atoms with van der Waals surface area (Å²) in [6.45, 7) is 0. The molecule has 34 heavy (non-hydrogen) atoms. The maximum absolute atomic E-state index is 14.5. The first-order valence-electron chi connectivity index (χ1n) is 10.6. The van der Waals surface area contributed by atoms with Crippen LogP contribution < -0.4 is 10.9 Å². The van der Waals surface area contributed by atoms with Gasteiger partial charge in [-0.2, -0.15) is 0 Å². The zero-order chi connectivity index (χ0) is 23.8. The number of aromatic nitrogens is 2. The second-order valence-corrected chi connectivity index (χ2v) is 9.70. The van der Waals surface area contributed by atoms with E-state index in [1.54, 1.807) is 18.2 Å². The normalized spacial score (nSPS) is 12.7. The maximum atomic E-state index is 14.5. The quantitative estimate of drug-likeness (QED) is 0.260. The first kappa shape index (κ1) is 22.9. The van der Waals surface area contributed by atoms with Gasteiger partial charge >= 0.3 is 0 Å². The summed E-state index contributed by atoms with van der Waals surface area (Å²) in [7, 11) is 0. The number of nitrogens with one attached hydrogen (secondary N) is 1. The molecular formula is C25H18Cl2FN3O2S. The van der Waals surface area contributed by atoms with Gasteiger partial charge in [0.1, 0.15) is 11.2 Å². The molecule has 5 rings (SSSR count). The highest BCUT2D eigenvalue weighted by molar-refractivity contribution is 7.99. The Labute approximate surface area is 208 Å². The van der Waals surface area contributed by atoms with E-state index in [-0.39, 0.29) is 32.7 Å². The molecule has 0 fully saturated rings. The Balaban J connectivity index is 1.47. The number of fused-ring (bicyclic) bond motifs is 2. The molecule has 1 heterocycles. The fourth-order valence-corrected chi connectivity index (χ4v) is 5.20. The van der Waals surface area contributed by atoms with Crippen molar-refractivity contribution < 1.29 is 9.18 Å². The summed E-state index contributed by atoms with van der Waals surface area (Å²) in [5.74, 6) is -0.905. The van der Waals surface area contributed by atoms with Crippen molar-refractivity contribution in [3.8, 4) is 5.69 Å². The number of aryl methyl sites for hydroxylation is 2. The zero-order valence-electron chi connectivity index (χ0n) is 17.8. The third kappa shape index (κ3) is 4.43. The number of benzene rings is 3. The number of nitrogens with zero attached hydrogens (tertiary/aromatic N) is 2. The van der Waals surface area contributed by atoms with Crippen LogP contribution in [0.3, 0.4) is 0 Å². The van der Waals surface area contributed by atoms with E-state index in [9.17, 15) is 14.0 Å². The second kappa shape index (κ2) is 9.41. The highest BCUT2D eigenvalue weighted by Gasteiger charge is 2.18. The molecule has 0 saturated carbocycles. The van der Waals surface area contributed by atoms with Crippen LogP contribution in [0.4, 0.5) is 10.1 Å². The summed E-state index contributed by atoms with van der Waals surface area (Å²) >= 11 is 13.3. The van der Waals surface area contributed by atoms with Crippen molar-refractivity contribution in [2.45, 2.75) is 24.4 Å². The van der Waals surface area contributed by atoms with Crippen LogP contribution in [0.2, 0.25) is 10.0 Å². The largest absolute Gasteiger partial charge is 0.325 e. The standard InChI is InChI=1S/C25H18Cl2FN3O2S/c26-18-10-9-17(12-19(18)27)31-24(33)23-20(28)5-2-6-21(23)30-25(31)34-13-22(32)29-16-8-7-14-3-1-4-15(14)11-16/h2,5-12H,1,3-4,13H2,(H,29,32). The van der Waals surface area contributed by atoms with E-state index in [1.165, 1.54) is 33.9 Å². The fourth-order valence-electron chi connectivity index (χ4n) is 4.09. The van der Waals surface area contributed by atoms with Crippen molar-refractivity contribution in [2.75, 3.05) is 11.1 Å². The van der Waals surface area contributed by atoms with Gasteiger partial charge in [0.05, 0.1) is 27.0 Å². The molecule has 4 aromatic rings. The molecule has 0 atom stereocenters. The first-order chi connectivity index (χ1) is 16.4. The van der Waals surface area contributed by atoms with Gasteiger partial charge < -0.3 is 5.32 Å². The molecule has 0 saturated heterocycles. The third-order valence-electron chi connectivity index (χ3n) is 5.69. The number of hydrogen-bond acceptors (Lipinski definition) is 4. The zero-order valence-corrected chi connectivity index (χ0v) is 20.1. The van der Waals surface area contributed by atoms with Crippen LogP contribution in [0.25, 0.3) is 16.6 Å². The molecule has 3 aromatic carbocycles. The van der Waals surface area contributed by atoms with Crippen molar-refractivity contribution in [3.63, 3.8) is 0 Å². The van der Waals surface area contributed by atoms with E-state index >= 15 is 0 Å². The van der Waals surface area contributed by atoms with Crippen molar-refractivity contribution in [3.05, 3.63) is 91.9 Å². The van der Waals surface area contributed by atoms with E-state index in [2.05, 4.69) is 10.3 Å². The Morgan fingerprint density at radius 3 is 2.71 bits per heavy atom. The molecule has 0 aliphatic heterocycles. The van der Waals surface area contributed by atoms with E-state index in [1.807, 2.05) is 18.2 Å². The third-order valence-corrected chi connectivity index (χ3v) is 7.37. The number of amides is 1. The van der Waals surface area contributed by atoms with Gasteiger partial charge in [0.2, 0.25) is 5.91 Å². The summed E-state index contributed by atoms with van der Waals surface area (Å²) in [4.78, 5) is 30.5. The summed E-state index contributed by atoms with van der Waals surface area (Å²) in [5, 5.41) is 3.57. The van der Waals surface area contributed by atoms with Crippen molar-refractivity contribution in [1.82, 2.24) is 9.55 Å². The number of thioether (sulfide) groups is 1. The van der Waals surface area contributed by atoms with Gasteiger partial charge in [0.25, 0.3) is 5.56 Å².